The Bertz CT molecular complexity index is 638. The van der Waals surface area contributed by atoms with Gasteiger partial charge in [-0.15, -0.1) is 0 Å². The second-order valence-electron chi connectivity index (χ2n) is 4.81. The minimum atomic E-state index is -0.223. The van der Waals surface area contributed by atoms with E-state index >= 15 is 0 Å². The highest BCUT2D eigenvalue weighted by Gasteiger charge is 2.08. The lowest BCUT2D eigenvalue weighted by Crippen LogP contribution is -2.20. The zero-order valence-corrected chi connectivity index (χ0v) is 12.5. The number of hydrogen-bond donors (Lipinski definition) is 1. The van der Waals surface area contributed by atoms with Gasteiger partial charge in [0.05, 0.1) is 12.8 Å². The van der Waals surface area contributed by atoms with Crippen molar-refractivity contribution in [1.29, 1.82) is 0 Å². The number of benzene rings is 2. The molecule has 2 aromatic rings. The maximum absolute atomic E-state index is 11.9. The van der Waals surface area contributed by atoms with Crippen molar-refractivity contribution < 1.29 is 14.3 Å². The number of carbonyl (C=O) groups excluding carboxylic acids is 1. The molecule has 0 radical (unpaired) electrons. The SMILES string of the molecule is COc1ccccc1NC(=O)COc1ccc(C)cc1C. The molecule has 4 nitrogen and oxygen atoms in total. The van der Waals surface area contributed by atoms with Gasteiger partial charge in [-0.25, -0.2) is 0 Å². The lowest BCUT2D eigenvalue weighted by atomic mass is 10.1. The summed E-state index contributed by atoms with van der Waals surface area (Å²) in [7, 11) is 1.57. The molecule has 2 aromatic carbocycles. The number of ether oxygens (including phenoxy) is 2. The van der Waals surface area contributed by atoms with E-state index in [0.29, 0.717) is 11.4 Å². The van der Waals surface area contributed by atoms with Crippen LogP contribution in [0, 0.1) is 13.8 Å². The second kappa shape index (κ2) is 6.79. The van der Waals surface area contributed by atoms with E-state index in [-0.39, 0.29) is 12.5 Å². The summed E-state index contributed by atoms with van der Waals surface area (Å²) in [5, 5.41) is 2.77. The van der Waals surface area contributed by atoms with Gasteiger partial charge in [-0.1, -0.05) is 29.8 Å². The first kappa shape index (κ1) is 14.9. The molecule has 110 valence electrons. The summed E-state index contributed by atoms with van der Waals surface area (Å²) in [6, 6.07) is 13.1. The number of carbonyl (C=O) groups is 1. The molecule has 0 saturated heterocycles. The average Bonchev–Trinajstić information content (AvgIpc) is 2.47. The third kappa shape index (κ3) is 3.99. The van der Waals surface area contributed by atoms with Crippen LogP contribution >= 0.6 is 0 Å². The van der Waals surface area contributed by atoms with E-state index in [0.717, 1.165) is 11.3 Å². The molecule has 0 aromatic heterocycles. The van der Waals surface area contributed by atoms with E-state index < -0.39 is 0 Å². The monoisotopic (exact) mass is 285 g/mol. The Morgan fingerprint density at radius 1 is 1.10 bits per heavy atom. The molecule has 0 unspecified atom stereocenters. The third-order valence-electron chi connectivity index (χ3n) is 3.07. The van der Waals surface area contributed by atoms with Crippen molar-refractivity contribution in [3.05, 3.63) is 53.6 Å². The highest BCUT2D eigenvalue weighted by atomic mass is 16.5. The summed E-state index contributed by atoms with van der Waals surface area (Å²) in [6.45, 7) is 3.94. The van der Waals surface area contributed by atoms with Gasteiger partial charge in [0.1, 0.15) is 11.5 Å². The van der Waals surface area contributed by atoms with E-state index in [2.05, 4.69) is 5.32 Å². The maximum Gasteiger partial charge on any atom is 0.262 e. The molecule has 0 aliphatic heterocycles. The zero-order chi connectivity index (χ0) is 15.2. The van der Waals surface area contributed by atoms with Crippen LogP contribution in [0.25, 0.3) is 0 Å². The summed E-state index contributed by atoms with van der Waals surface area (Å²) in [5.74, 6) is 1.12. The number of para-hydroxylation sites is 2. The Hall–Kier alpha value is -2.49. The number of methoxy groups -OCH3 is 1. The number of anilines is 1. The van der Waals surface area contributed by atoms with Gasteiger partial charge in [-0.05, 0) is 37.6 Å². The van der Waals surface area contributed by atoms with E-state index in [4.69, 9.17) is 9.47 Å². The normalized spacial score (nSPS) is 10.0. The molecule has 21 heavy (non-hydrogen) atoms. The Kier molecular flexibility index (Phi) is 4.82. The predicted molar refractivity (Wildman–Crippen MR) is 83.0 cm³/mol. The standard InChI is InChI=1S/C17H19NO3/c1-12-8-9-15(13(2)10-12)21-11-17(19)18-14-6-4-5-7-16(14)20-3/h4-10H,11H2,1-3H3,(H,18,19). The first-order valence-electron chi connectivity index (χ1n) is 6.73. The summed E-state index contributed by atoms with van der Waals surface area (Å²) < 4.78 is 10.7. The van der Waals surface area contributed by atoms with Gasteiger partial charge in [0.2, 0.25) is 0 Å². The van der Waals surface area contributed by atoms with Crippen molar-refractivity contribution in [2.24, 2.45) is 0 Å². The van der Waals surface area contributed by atoms with Crippen LogP contribution in [0.1, 0.15) is 11.1 Å². The Balaban J connectivity index is 1.96. The van der Waals surface area contributed by atoms with E-state index in [1.807, 2.05) is 44.2 Å². The number of nitrogens with one attached hydrogen (secondary N) is 1. The topological polar surface area (TPSA) is 47.6 Å². The van der Waals surface area contributed by atoms with Gasteiger partial charge in [0.25, 0.3) is 5.91 Å². The molecule has 1 amide bonds. The molecule has 4 heteroatoms. The molecule has 0 spiro atoms. The van der Waals surface area contributed by atoms with Crippen LogP contribution in [0.2, 0.25) is 0 Å². The zero-order valence-electron chi connectivity index (χ0n) is 12.5. The van der Waals surface area contributed by atoms with Crippen molar-refractivity contribution >= 4 is 11.6 Å². The summed E-state index contributed by atoms with van der Waals surface area (Å²) in [6.07, 6.45) is 0. The summed E-state index contributed by atoms with van der Waals surface area (Å²) in [5.41, 5.74) is 2.81. The van der Waals surface area contributed by atoms with Gasteiger partial charge in [-0.3, -0.25) is 4.79 Å². The predicted octanol–water partition coefficient (Wildman–Crippen LogP) is 3.33. The van der Waals surface area contributed by atoms with Crippen molar-refractivity contribution in [2.75, 3.05) is 19.0 Å². The van der Waals surface area contributed by atoms with E-state index in [1.54, 1.807) is 19.2 Å². The van der Waals surface area contributed by atoms with Crippen molar-refractivity contribution in [3.8, 4) is 11.5 Å². The van der Waals surface area contributed by atoms with Crippen LogP contribution in [-0.2, 0) is 4.79 Å². The third-order valence-corrected chi connectivity index (χ3v) is 3.07. The van der Waals surface area contributed by atoms with Crippen molar-refractivity contribution in [2.45, 2.75) is 13.8 Å². The fraction of sp³-hybridized carbons (Fsp3) is 0.235. The van der Waals surface area contributed by atoms with Crippen molar-refractivity contribution in [3.63, 3.8) is 0 Å². The highest BCUT2D eigenvalue weighted by Crippen LogP contribution is 2.23. The van der Waals surface area contributed by atoms with Gasteiger partial charge in [0, 0.05) is 0 Å². The summed E-state index contributed by atoms with van der Waals surface area (Å²) >= 11 is 0. The van der Waals surface area contributed by atoms with E-state index in [1.165, 1.54) is 5.56 Å². The molecule has 0 heterocycles. The fourth-order valence-corrected chi connectivity index (χ4v) is 2.04. The van der Waals surface area contributed by atoms with Crippen LogP contribution in [0.5, 0.6) is 11.5 Å². The lowest BCUT2D eigenvalue weighted by Gasteiger charge is -2.12. The lowest BCUT2D eigenvalue weighted by molar-refractivity contribution is -0.118. The summed E-state index contributed by atoms with van der Waals surface area (Å²) in [4.78, 5) is 11.9. The molecular weight excluding hydrogens is 266 g/mol. The molecule has 0 aliphatic rings. The number of rotatable bonds is 5. The highest BCUT2D eigenvalue weighted by molar-refractivity contribution is 5.93. The first-order valence-corrected chi connectivity index (χ1v) is 6.73. The smallest absolute Gasteiger partial charge is 0.262 e. The van der Waals surface area contributed by atoms with Crippen LogP contribution in [0.3, 0.4) is 0 Å². The second-order valence-corrected chi connectivity index (χ2v) is 4.81. The van der Waals surface area contributed by atoms with Gasteiger partial charge >= 0.3 is 0 Å². The number of aryl methyl sites for hydroxylation is 2. The average molecular weight is 285 g/mol. The maximum atomic E-state index is 11.9. The number of hydrogen-bond acceptors (Lipinski definition) is 3. The van der Waals surface area contributed by atoms with E-state index in [9.17, 15) is 4.79 Å². The quantitative estimate of drug-likeness (QED) is 0.916. The van der Waals surface area contributed by atoms with Gasteiger partial charge in [0.15, 0.2) is 6.61 Å². The van der Waals surface area contributed by atoms with Gasteiger partial charge in [-0.2, -0.15) is 0 Å². The Morgan fingerprint density at radius 3 is 2.57 bits per heavy atom. The first-order chi connectivity index (χ1) is 10.1. The minimum Gasteiger partial charge on any atom is -0.495 e. The largest absolute Gasteiger partial charge is 0.495 e. The Labute approximate surface area is 124 Å². The van der Waals surface area contributed by atoms with Crippen LogP contribution in [0.4, 0.5) is 5.69 Å². The molecule has 0 fully saturated rings. The van der Waals surface area contributed by atoms with Crippen LogP contribution < -0.4 is 14.8 Å². The molecule has 2 rings (SSSR count). The van der Waals surface area contributed by atoms with Gasteiger partial charge < -0.3 is 14.8 Å². The van der Waals surface area contributed by atoms with Crippen LogP contribution in [-0.4, -0.2) is 19.6 Å². The van der Waals surface area contributed by atoms with Crippen molar-refractivity contribution in [1.82, 2.24) is 0 Å². The molecular formula is C17H19NO3. The minimum absolute atomic E-state index is 0.0397. The molecule has 0 atom stereocenters. The molecule has 0 aliphatic carbocycles. The van der Waals surface area contributed by atoms with Crippen LogP contribution in [0.15, 0.2) is 42.5 Å². The number of amides is 1. The molecule has 0 bridgehead atoms. The molecule has 0 saturated carbocycles. The molecule has 1 N–H and O–H groups in total. The Morgan fingerprint density at radius 2 is 1.86 bits per heavy atom. The fourth-order valence-electron chi connectivity index (χ4n) is 2.04.